The Morgan fingerprint density at radius 3 is 2.81 bits per heavy atom. The van der Waals surface area contributed by atoms with E-state index in [1.165, 1.54) is 31.7 Å². The highest BCUT2D eigenvalue weighted by molar-refractivity contribution is 14.0. The molecule has 2 N–H and O–H groups in total. The first kappa shape index (κ1) is 24.7. The second-order valence-electron chi connectivity index (χ2n) is 8.31. The van der Waals surface area contributed by atoms with E-state index in [1.54, 1.807) is 30.6 Å². The summed E-state index contributed by atoms with van der Waals surface area (Å²) in [5, 5.41) is 6.89. The normalized spacial score (nSPS) is 19.6. The molecule has 1 aromatic carbocycles. The Labute approximate surface area is 207 Å². The molecule has 2 fully saturated rings. The summed E-state index contributed by atoms with van der Waals surface area (Å²) in [5.74, 6) is 1.08. The molecular weight excluding hydrogens is 520 g/mol. The van der Waals surface area contributed by atoms with E-state index in [4.69, 9.17) is 4.74 Å². The van der Waals surface area contributed by atoms with Crippen LogP contribution in [0.3, 0.4) is 0 Å². The summed E-state index contributed by atoms with van der Waals surface area (Å²) in [4.78, 5) is 11.3. The van der Waals surface area contributed by atoms with Gasteiger partial charge in [-0.2, -0.15) is 0 Å². The maximum absolute atomic E-state index is 14.5. The number of benzene rings is 1. The molecular formula is C24H33FIN5O. The molecule has 0 bridgehead atoms. The first-order valence-corrected chi connectivity index (χ1v) is 11.4. The summed E-state index contributed by atoms with van der Waals surface area (Å²) in [6.45, 7) is 5.48. The predicted octanol–water partition coefficient (Wildman–Crippen LogP) is 4.70. The van der Waals surface area contributed by atoms with Crippen molar-refractivity contribution in [1.82, 2.24) is 20.5 Å². The van der Waals surface area contributed by atoms with Crippen LogP contribution in [0.4, 0.5) is 4.39 Å². The van der Waals surface area contributed by atoms with E-state index >= 15 is 0 Å². The van der Waals surface area contributed by atoms with Gasteiger partial charge >= 0.3 is 0 Å². The largest absolute Gasteiger partial charge is 0.453 e. The second kappa shape index (κ2) is 12.3. The van der Waals surface area contributed by atoms with Gasteiger partial charge in [0.25, 0.3) is 0 Å². The molecule has 1 aliphatic heterocycles. The van der Waals surface area contributed by atoms with Gasteiger partial charge in [-0.1, -0.05) is 18.9 Å². The number of halogens is 2. The molecule has 1 aromatic heterocycles. The fourth-order valence-corrected chi connectivity index (χ4v) is 4.45. The fraction of sp³-hybridized carbons (Fsp3) is 0.500. The van der Waals surface area contributed by atoms with Crippen LogP contribution in [-0.4, -0.2) is 47.6 Å². The van der Waals surface area contributed by atoms with Crippen molar-refractivity contribution in [2.75, 3.05) is 19.6 Å². The van der Waals surface area contributed by atoms with Crippen LogP contribution >= 0.6 is 24.0 Å². The van der Waals surface area contributed by atoms with Crippen molar-refractivity contribution in [1.29, 1.82) is 0 Å². The zero-order chi connectivity index (χ0) is 21.5. The SMILES string of the molecule is CCNC(=NCc1ccc(Oc2cccnc2)c(F)c1)NC1CCN(C2CCCC2)C1.I. The molecule has 1 atom stereocenters. The van der Waals surface area contributed by atoms with Gasteiger partial charge in [0, 0.05) is 37.9 Å². The van der Waals surface area contributed by atoms with Crippen LogP contribution in [0, 0.1) is 5.82 Å². The molecule has 2 aromatic rings. The molecule has 1 unspecified atom stereocenters. The Bertz CT molecular complexity index is 876. The number of guanidine groups is 1. The summed E-state index contributed by atoms with van der Waals surface area (Å²) in [6.07, 6.45) is 9.76. The molecule has 0 amide bonds. The number of hydrogen-bond acceptors (Lipinski definition) is 4. The molecule has 0 spiro atoms. The number of nitrogens with zero attached hydrogens (tertiary/aromatic N) is 3. The molecule has 6 nitrogen and oxygen atoms in total. The van der Waals surface area contributed by atoms with E-state index in [2.05, 4.69) is 32.4 Å². The Morgan fingerprint density at radius 2 is 2.09 bits per heavy atom. The standard InChI is InChI=1S/C24H32FN5O.HI/c1-2-27-24(29-19-11-13-30(17-19)20-6-3-4-7-20)28-15-18-9-10-23(22(25)14-18)31-21-8-5-12-26-16-21;/h5,8-10,12,14,16,19-20H,2-4,6-7,11,13,15,17H2,1H3,(H2,27,28,29);1H. The quantitative estimate of drug-likeness (QED) is 0.296. The van der Waals surface area contributed by atoms with Gasteiger partial charge in [-0.25, -0.2) is 9.38 Å². The zero-order valence-electron chi connectivity index (χ0n) is 18.6. The van der Waals surface area contributed by atoms with E-state index in [0.29, 0.717) is 18.3 Å². The summed E-state index contributed by atoms with van der Waals surface area (Å²) >= 11 is 0. The molecule has 32 heavy (non-hydrogen) atoms. The van der Waals surface area contributed by atoms with Crippen LogP contribution in [0.1, 0.15) is 44.6 Å². The van der Waals surface area contributed by atoms with Crippen LogP contribution in [-0.2, 0) is 6.54 Å². The predicted molar refractivity (Wildman–Crippen MR) is 136 cm³/mol. The minimum atomic E-state index is -0.405. The van der Waals surface area contributed by atoms with E-state index in [0.717, 1.165) is 43.6 Å². The van der Waals surface area contributed by atoms with Gasteiger partial charge in [-0.05, 0) is 56.0 Å². The van der Waals surface area contributed by atoms with Gasteiger partial charge in [0.05, 0.1) is 12.7 Å². The van der Waals surface area contributed by atoms with Crippen molar-refractivity contribution >= 4 is 29.9 Å². The number of pyridine rings is 1. The van der Waals surface area contributed by atoms with Gasteiger partial charge in [-0.3, -0.25) is 9.88 Å². The highest BCUT2D eigenvalue weighted by atomic mass is 127. The van der Waals surface area contributed by atoms with Crippen molar-refractivity contribution < 1.29 is 9.13 Å². The summed E-state index contributed by atoms with van der Waals surface area (Å²) < 4.78 is 20.1. The molecule has 1 saturated carbocycles. The van der Waals surface area contributed by atoms with E-state index in [-0.39, 0.29) is 29.7 Å². The third-order valence-corrected chi connectivity index (χ3v) is 6.02. The lowest BCUT2D eigenvalue weighted by Gasteiger charge is -2.24. The zero-order valence-corrected chi connectivity index (χ0v) is 20.9. The van der Waals surface area contributed by atoms with Crippen LogP contribution in [0.2, 0.25) is 0 Å². The highest BCUT2D eigenvalue weighted by Crippen LogP contribution is 2.27. The third-order valence-electron chi connectivity index (χ3n) is 6.02. The second-order valence-corrected chi connectivity index (χ2v) is 8.31. The van der Waals surface area contributed by atoms with Crippen LogP contribution < -0.4 is 15.4 Å². The number of rotatable bonds is 7. The average molecular weight is 553 g/mol. The minimum Gasteiger partial charge on any atom is -0.453 e. The first-order chi connectivity index (χ1) is 15.2. The van der Waals surface area contributed by atoms with Crippen molar-refractivity contribution in [2.24, 2.45) is 4.99 Å². The molecule has 8 heteroatoms. The number of aliphatic imine (C=N–C) groups is 1. The summed E-state index contributed by atoms with van der Waals surface area (Å²) in [5.41, 5.74) is 0.798. The van der Waals surface area contributed by atoms with Crippen molar-refractivity contribution in [3.63, 3.8) is 0 Å². The summed E-state index contributed by atoms with van der Waals surface area (Å²) in [7, 11) is 0. The third kappa shape index (κ3) is 6.78. The number of aromatic nitrogens is 1. The maximum atomic E-state index is 14.5. The number of hydrogen-bond donors (Lipinski definition) is 2. The van der Waals surface area contributed by atoms with Gasteiger partial charge in [0.15, 0.2) is 17.5 Å². The van der Waals surface area contributed by atoms with Crippen molar-refractivity contribution in [3.8, 4) is 11.5 Å². The lowest BCUT2D eigenvalue weighted by molar-refractivity contribution is 0.242. The topological polar surface area (TPSA) is 61.8 Å². The highest BCUT2D eigenvalue weighted by Gasteiger charge is 2.30. The number of likely N-dealkylation sites (tertiary alicyclic amines) is 1. The van der Waals surface area contributed by atoms with Crippen LogP contribution in [0.5, 0.6) is 11.5 Å². The first-order valence-electron chi connectivity index (χ1n) is 11.4. The Hall–Kier alpha value is -1.94. The van der Waals surface area contributed by atoms with Crippen molar-refractivity contribution in [2.45, 2.75) is 57.7 Å². The lowest BCUT2D eigenvalue weighted by Crippen LogP contribution is -2.45. The Morgan fingerprint density at radius 1 is 1.25 bits per heavy atom. The fourth-order valence-electron chi connectivity index (χ4n) is 4.45. The molecule has 1 aliphatic carbocycles. The number of nitrogens with one attached hydrogen (secondary N) is 2. The Kier molecular flexibility index (Phi) is 9.52. The van der Waals surface area contributed by atoms with Gasteiger partial charge < -0.3 is 15.4 Å². The average Bonchev–Trinajstić information content (AvgIpc) is 3.47. The van der Waals surface area contributed by atoms with Crippen molar-refractivity contribution in [3.05, 3.63) is 54.1 Å². The minimum absolute atomic E-state index is 0. The lowest BCUT2D eigenvalue weighted by atomic mass is 10.2. The number of ether oxygens (including phenoxy) is 1. The van der Waals surface area contributed by atoms with Gasteiger partial charge in [0.1, 0.15) is 5.75 Å². The van der Waals surface area contributed by atoms with E-state index in [1.807, 2.05) is 6.07 Å². The van der Waals surface area contributed by atoms with E-state index < -0.39 is 5.82 Å². The van der Waals surface area contributed by atoms with E-state index in [9.17, 15) is 4.39 Å². The van der Waals surface area contributed by atoms with Gasteiger partial charge in [-0.15, -0.1) is 24.0 Å². The van der Waals surface area contributed by atoms with Crippen LogP contribution in [0.25, 0.3) is 0 Å². The smallest absolute Gasteiger partial charge is 0.191 e. The summed E-state index contributed by atoms with van der Waals surface area (Å²) in [6, 6.07) is 9.64. The maximum Gasteiger partial charge on any atom is 0.191 e. The molecule has 1 saturated heterocycles. The molecule has 4 rings (SSSR count). The monoisotopic (exact) mass is 553 g/mol. The molecule has 2 aliphatic rings. The molecule has 174 valence electrons. The molecule has 2 heterocycles. The Balaban J connectivity index is 0.00000289. The van der Waals surface area contributed by atoms with Gasteiger partial charge in [0.2, 0.25) is 0 Å². The molecule has 0 radical (unpaired) electrons. The van der Waals surface area contributed by atoms with Crippen LogP contribution in [0.15, 0.2) is 47.7 Å².